The van der Waals surface area contributed by atoms with Crippen LogP contribution in [0.1, 0.15) is 17.1 Å². The summed E-state index contributed by atoms with van der Waals surface area (Å²) in [7, 11) is 0. The number of carbonyl (C=O) groups excluding carboxylic acids is 1. The highest BCUT2D eigenvalue weighted by Crippen LogP contribution is 2.22. The lowest BCUT2D eigenvalue weighted by molar-refractivity contribution is -0.115. The van der Waals surface area contributed by atoms with Gasteiger partial charge in [-0.15, -0.1) is 0 Å². The van der Waals surface area contributed by atoms with Crippen LogP contribution in [0.15, 0.2) is 40.8 Å². The Morgan fingerprint density at radius 1 is 1.27 bits per heavy atom. The fraction of sp³-hybridized carbons (Fsp3) is 0.125. The number of furan rings is 1. The Labute approximate surface area is 139 Å². The van der Waals surface area contributed by atoms with E-state index in [-0.39, 0.29) is 11.0 Å². The molecule has 0 fully saturated rings. The Morgan fingerprint density at radius 3 is 2.73 bits per heavy atom. The molecule has 0 spiro atoms. The molecule has 2 rings (SSSR count). The number of anilines is 1. The average Bonchev–Trinajstić information content (AvgIpc) is 2.87. The van der Waals surface area contributed by atoms with E-state index in [0.29, 0.717) is 10.8 Å². The zero-order valence-corrected chi connectivity index (χ0v) is 13.7. The van der Waals surface area contributed by atoms with Gasteiger partial charge in [0.2, 0.25) is 5.91 Å². The van der Waals surface area contributed by atoms with E-state index in [1.165, 1.54) is 6.08 Å². The molecule has 0 aliphatic heterocycles. The lowest BCUT2D eigenvalue weighted by atomic mass is 10.2. The Bertz CT molecular complexity index is 737. The van der Waals surface area contributed by atoms with E-state index in [1.54, 1.807) is 24.3 Å². The van der Waals surface area contributed by atoms with Crippen molar-refractivity contribution >= 4 is 46.6 Å². The first-order chi connectivity index (χ1) is 10.5. The maximum absolute atomic E-state index is 11.8. The molecule has 1 heterocycles. The Kier molecular flexibility index (Phi) is 5.35. The maximum Gasteiger partial charge on any atom is 0.250 e. The number of hydrogen-bond acceptors (Lipinski definition) is 3. The first kappa shape index (κ1) is 16.3. The lowest BCUT2D eigenvalue weighted by Crippen LogP contribution is -2.33. The number of amides is 1. The Hall–Kier alpha value is -2.11. The van der Waals surface area contributed by atoms with Crippen LogP contribution in [0.5, 0.6) is 0 Å². The molecule has 0 atom stereocenters. The van der Waals surface area contributed by atoms with E-state index >= 15 is 0 Å². The van der Waals surface area contributed by atoms with Gasteiger partial charge in [-0.05, 0) is 62.0 Å². The van der Waals surface area contributed by atoms with Crippen molar-refractivity contribution in [3.63, 3.8) is 0 Å². The van der Waals surface area contributed by atoms with Crippen molar-refractivity contribution in [3.8, 4) is 0 Å². The number of thiocarbonyl (C=S) groups is 1. The maximum atomic E-state index is 11.8. The van der Waals surface area contributed by atoms with E-state index in [9.17, 15) is 4.79 Å². The van der Waals surface area contributed by atoms with Gasteiger partial charge in [-0.3, -0.25) is 10.1 Å². The van der Waals surface area contributed by atoms with Crippen LogP contribution in [0.3, 0.4) is 0 Å². The molecular weight excluding hydrogens is 320 g/mol. The number of hydrogen-bond donors (Lipinski definition) is 2. The molecule has 0 saturated carbocycles. The summed E-state index contributed by atoms with van der Waals surface area (Å²) < 4.78 is 5.33. The topological polar surface area (TPSA) is 54.3 Å². The summed E-state index contributed by atoms with van der Waals surface area (Å²) in [5.74, 6) is 1.05. The van der Waals surface area contributed by atoms with Crippen molar-refractivity contribution in [1.29, 1.82) is 0 Å². The number of benzene rings is 1. The molecule has 4 nitrogen and oxygen atoms in total. The molecule has 0 unspecified atom stereocenters. The number of halogens is 1. The number of aryl methyl sites for hydroxylation is 1. The first-order valence-corrected chi connectivity index (χ1v) is 7.36. The van der Waals surface area contributed by atoms with E-state index in [1.807, 2.05) is 26.0 Å². The molecule has 6 heteroatoms. The highest BCUT2D eigenvalue weighted by molar-refractivity contribution is 7.80. The van der Waals surface area contributed by atoms with Crippen molar-refractivity contribution in [2.45, 2.75) is 13.8 Å². The minimum Gasteiger partial charge on any atom is -0.462 e. The average molecular weight is 335 g/mol. The van der Waals surface area contributed by atoms with E-state index < -0.39 is 0 Å². The molecule has 0 aliphatic carbocycles. The Morgan fingerprint density at radius 2 is 2.05 bits per heavy atom. The molecule has 22 heavy (non-hydrogen) atoms. The summed E-state index contributed by atoms with van der Waals surface area (Å²) in [5.41, 5.74) is 1.62. The number of carbonyl (C=O) groups is 1. The van der Waals surface area contributed by atoms with Crippen LogP contribution in [0, 0.1) is 13.8 Å². The number of nitrogens with one attached hydrogen (secondary N) is 2. The van der Waals surface area contributed by atoms with Crippen LogP contribution in [0.25, 0.3) is 6.08 Å². The molecule has 2 aromatic rings. The third-order valence-corrected chi connectivity index (χ3v) is 3.53. The molecule has 114 valence electrons. The summed E-state index contributed by atoms with van der Waals surface area (Å²) in [4.78, 5) is 11.8. The standard InChI is InChI=1S/C16H15ClN2O2S/c1-10-6-7-12(21-10)8-9-15(20)19-16(22)18-14-5-3-4-13(17)11(14)2/h3-9H,1-2H3,(H2,18,19,20,22). The van der Waals surface area contributed by atoms with Crippen LogP contribution < -0.4 is 10.6 Å². The second-order valence-corrected chi connectivity index (χ2v) is 5.45. The van der Waals surface area contributed by atoms with Crippen molar-refractivity contribution in [2.75, 3.05) is 5.32 Å². The molecule has 0 aliphatic rings. The largest absolute Gasteiger partial charge is 0.462 e. The highest BCUT2D eigenvalue weighted by atomic mass is 35.5. The third kappa shape index (κ3) is 4.44. The molecule has 0 saturated heterocycles. The molecule has 1 aromatic heterocycles. The molecule has 0 bridgehead atoms. The van der Waals surface area contributed by atoms with E-state index in [4.69, 9.17) is 28.2 Å². The minimum absolute atomic E-state index is 0.204. The molecule has 1 amide bonds. The minimum atomic E-state index is -0.341. The molecular formula is C16H15ClN2O2S. The van der Waals surface area contributed by atoms with Crippen LogP contribution in [-0.2, 0) is 4.79 Å². The highest BCUT2D eigenvalue weighted by Gasteiger charge is 2.06. The van der Waals surface area contributed by atoms with Gasteiger partial charge in [0.15, 0.2) is 5.11 Å². The van der Waals surface area contributed by atoms with Gasteiger partial charge in [0, 0.05) is 16.8 Å². The summed E-state index contributed by atoms with van der Waals surface area (Å²) in [6, 6.07) is 9.04. The monoisotopic (exact) mass is 334 g/mol. The normalized spacial score (nSPS) is 10.7. The smallest absolute Gasteiger partial charge is 0.250 e. The predicted molar refractivity (Wildman–Crippen MR) is 93.0 cm³/mol. The van der Waals surface area contributed by atoms with Crippen LogP contribution in [0.4, 0.5) is 5.69 Å². The van der Waals surface area contributed by atoms with Gasteiger partial charge < -0.3 is 9.73 Å². The van der Waals surface area contributed by atoms with Gasteiger partial charge in [-0.2, -0.15) is 0 Å². The van der Waals surface area contributed by atoms with Gasteiger partial charge in [0.05, 0.1) is 0 Å². The van der Waals surface area contributed by atoms with Crippen molar-refractivity contribution < 1.29 is 9.21 Å². The van der Waals surface area contributed by atoms with Gasteiger partial charge in [-0.25, -0.2) is 0 Å². The second kappa shape index (κ2) is 7.24. The fourth-order valence-corrected chi connectivity index (χ4v) is 2.14. The summed E-state index contributed by atoms with van der Waals surface area (Å²) in [5, 5.41) is 6.34. The summed E-state index contributed by atoms with van der Waals surface area (Å²) >= 11 is 11.1. The quantitative estimate of drug-likeness (QED) is 0.656. The van der Waals surface area contributed by atoms with Crippen LogP contribution in [0.2, 0.25) is 5.02 Å². The van der Waals surface area contributed by atoms with Gasteiger partial charge in [-0.1, -0.05) is 17.7 Å². The van der Waals surface area contributed by atoms with E-state index in [0.717, 1.165) is 17.0 Å². The van der Waals surface area contributed by atoms with Crippen molar-refractivity contribution in [1.82, 2.24) is 5.32 Å². The lowest BCUT2D eigenvalue weighted by Gasteiger charge is -2.11. The fourth-order valence-electron chi connectivity index (χ4n) is 1.75. The third-order valence-electron chi connectivity index (χ3n) is 2.91. The molecule has 1 aromatic carbocycles. The Balaban J connectivity index is 1.93. The van der Waals surface area contributed by atoms with Crippen LogP contribution >= 0.6 is 23.8 Å². The predicted octanol–water partition coefficient (Wildman–Crippen LogP) is 4.08. The van der Waals surface area contributed by atoms with Gasteiger partial charge >= 0.3 is 0 Å². The summed E-state index contributed by atoms with van der Waals surface area (Å²) in [6.07, 6.45) is 2.94. The van der Waals surface area contributed by atoms with Gasteiger partial charge in [0.25, 0.3) is 0 Å². The van der Waals surface area contributed by atoms with Crippen molar-refractivity contribution in [2.24, 2.45) is 0 Å². The number of rotatable bonds is 3. The van der Waals surface area contributed by atoms with Crippen molar-refractivity contribution in [3.05, 3.63) is 58.5 Å². The van der Waals surface area contributed by atoms with Crippen LogP contribution in [-0.4, -0.2) is 11.0 Å². The first-order valence-electron chi connectivity index (χ1n) is 6.57. The molecule has 2 N–H and O–H groups in total. The SMILES string of the molecule is Cc1ccc(C=CC(=O)NC(=S)Nc2cccc(Cl)c2C)o1. The molecule has 0 radical (unpaired) electrons. The summed E-state index contributed by atoms with van der Waals surface area (Å²) in [6.45, 7) is 3.71. The zero-order valence-electron chi connectivity index (χ0n) is 12.1. The second-order valence-electron chi connectivity index (χ2n) is 4.64. The van der Waals surface area contributed by atoms with E-state index in [2.05, 4.69) is 10.6 Å². The van der Waals surface area contributed by atoms with Gasteiger partial charge in [0.1, 0.15) is 11.5 Å². The zero-order chi connectivity index (χ0) is 16.1.